The summed E-state index contributed by atoms with van der Waals surface area (Å²) in [7, 11) is 0. The van der Waals surface area contributed by atoms with E-state index in [2.05, 4.69) is 5.32 Å². The molecule has 1 amide bonds. The van der Waals surface area contributed by atoms with E-state index in [1.54, 1.807) is 49.5 Å². The molecule has 0 saturated carbocycles. The number of rotatable bonds is 2. The van der Waals surface area contributed by atoms with Gasteiger partial charge in [-0.3, -0.25) is 4.79 Å². The molecule has 0 aromatic rings. The van der Waals surface area contributed by atoms with Crippen molar-refractivity contribution >= 4 is 5.91 Å². The molecule has 2 aliphatic heterocycles. The van der Waals surface area contributed by atoms with Crippen LogP contribution in [-0.2, 0) is 14.3 Å². The smallest absolute Gasteiger partial charge is 0.243 e. The topological polar surface area (TPSA) is 175 Å². The van der Waals surface area contributed by atoms with Crippen molar-refractivity contribution in [1.82, 2.24) is 5.32 Å². The lowest BCUT2D eigenvalue weighted by atomic mass is 9.96. The standard InChI is InChI=1S/C26H38N2O8/c1-17-15-28-21(31)13-9-10-14-26(2,34)20(36-25-22(27)24(33)19(30)16-35-25)12-8-6-4-3-5-7-11-18(29)23(17)32/h3-14,17-20,22-25,29-30,32-34H,15-16,27H2,1-2H3,(H,28,31)/b5-3-,6-4+,11-7+,12-8-,13-9+,14-10+/t17-,18-,19+,20-,22+,23+,24-,25-,26+/m1/s1. The summed E-state index contributed by atoms with van der Waals surface area (Å²) in [5.41, 5.74) is 4.39. The van der Waals surface area contributed by atoms with Crippen LogP contribution in [-0.4, -0.2) is 93.0 Å². The second-order valence-corrected chi connectivity index (χ2v) is 9.08. The second kappa shape index (κ2) is 14.4. The molecule has 36 heavy (non-hydrogen) atoms. The van der Waals surface area contributed by atoms with Crippen LogP contribution < -0.4 is 11.1 Å². The predicted molar refractivity (Wildman–Crippen MR) is 134 cm³/mol. The van der Waals surface area contributed by atoms with Gasteiger partial charge < -0.3 is 46.1 Å². The number of nitrogens with two attached hydrogens (primary N) is 1. The van der Waals surface area contributed by atoms with Crippen LogP contribution in [0.25, 0.3) is 0 Å². The van der Waals surface area contributed by atoms with E-state index >= 15 is 0 Å². The number of amides is 1. The van der Waals surface area contributed by atoms with E-state index < -0.39 is 60.3 Å². The first-order valence-electron chi connectivity index (χ1n) is 11.8. The van der Waals surface area contributed by atoms with Crippen molar-refractivity contribution in [2.75, 3.05) is 13.2 Å². The number of ether oxygens (including phenoxy) is 2. The molecule has 0 aliphatic carbocycles. The van der Waals surface area contributed by atoms with Crippen LogP contribution >= 0.6 is 0 Å². The Morgan fingerprint density at radius 3 is 2.33 bits per heavy atom. The molecule has 8 N–H and O–H groups in total. The van der Waals surface area contributed by atoms with Gasteiger partial charge in [-0.1, -0.05) is 73.8 Å². The third-order valence-electron chi connectivity index (χ3n) is 5.86. The highest BCUT2D eigenvalue weighted by Gasteiger charge is 2.40. The largest absolute Gasteiger partial charge is 0.390 e. The van der Waals surface area contributed by atoms with Crippen LogP contribution in [0, 0.1) is 5.92 Å². The maximum atomic E-state index is 12.1. The summed E-state index contributed by atoms with van der Waals surface area (Å²) in [6, 6.07) is -1.03. The van der Waals surface area contributed by atoms with Gasteiger partial charge in [0.1, 0.15) is 23.9 Å². The van der Waals surface area contributed by atoms with Gasteiger partial charge in [0.05, 0.1) is 24.9 Å². The van der Waals surface area contributed by atoms with Gasteiger partial charge in [0.2, 0.25) is 5.91 Å². The van der Waals surface area contributed by atoms with Crippen molar-refractivity contribution < 1.29 is 39.8 Å². The van der Waals surface area contributed by atoms with Crippen molar-refractivity contribution in [3.63, 3.8) is 0 Å². The normalized spacial score (nSPS) is 44.5. The zero-order chi connectivity index (χ0) is 26.7. The van der Waals surface area contributed by atoms with Crippen LogP contribution in [0.15, 0.2) is 72.9 Å². The lowest BCUT2D eigenvalue weighted by molar-refractivity contribution is -0.251. The van der Waals surface area contributed by atoms with Gasteiger partial charge in [-0.2, -0.15) is 0 Å². The Bertz CT molecular complexity index is 879. The maximum Gasteiger partial charge on any atom is 0.243 e. The van der Waals surface area contributed by atoms with Crippen molar-refractivity contribution in [3.8, 4) is 0 Å². The second-order valence-electron chi connectivity index (χ2n) is 9.08. The minimum absolute atomic E-state index is 0.151. The summed E-state index contributed by atoms with van der Waals surface area (Å²) >= 11 is 0. The van der Waals surface area contributed by atoms with Crippen LogP contribution in [0.5, 0.6) is 0 Å². The van der Waals surface area contributed by atoms with Gasteiger partial charge in [-0.25, -0.2) is 0 Å². The van der Waals surface area contributed by atoms with Crippen LogP contribution in [0.4, 0.5) is 0 Å². The maximum absolute atomic E-state index is 12.1. The highest BCUT2D eigenvalue weighted by molar-refractivity contribution is 5.87. The van der Waals surface area contributed by atoms with Crippen LogP contribution in [0.1, 0.15) is 13.8 Å². The van der Waals surface area contributed by atoms with E-state index in [1.165, 1.54) is 37.3 Å². The minimum Gasteiger partial charge on any atom is -0.390 e. The summed E-state index contributed by atoms with van der Waals surface area (Å²) in [5, 5.41) is 53.9. The zero-order valence-electron chi connectivity index (χ0n) is 20.5. The average molecular weight is 507 g/mol. The Balaban J connectivity index is 2.26. The van der Waals surface area contributed by atoms with Gasteiger partial charge in [-0.05, 0) is 6.92 Å². The molecule has 0 aromatic heterocycles. The molecule has 1 fully saturated rings. The van der Waals surface area contributed by atoms with Crippen LogP contribution in [0.3, 0.4) is 0 Å². The molecule has 2 heterocycles. The number of aliphatic hydroxyl groups is 5. The number of allylic oxidation sites excluding steroid dienone is 8. The van der Waals surface area contributed by atoms with E-state index in [1.807, 2.05) is 0 Å². The number of hydrogen-bond donors (Lipinski definition) is 7. The third kappa shape index (κ3) is 9.23. The summed E-state index contributed by atoms with van der Waals surface area (Å²) < 4.78 is 11.3. The highest BCUT2D eigenvalue weighted by atomic mass is 16.7. The fraction of sp³-hybridized carbons (Fsp3) is 0.500. The van der Waals surface area contributed by atoms with E-state index in [-0.39, 0.29) is 13.2 Å². The molecule has 0 bridgehead atoms. The monoisotopic (exact) mass is 506 g/mol. The summed E-state index contributed by atoms with van der Waals surface area (Å²) in [6.45, 7) is 3.19. The molecule has 0 unspecified atom stereocenters. The lowest BCUT2D eigenvalue weighted by Crippen LogP contribution is -2.59. The number of hydrogen-bond acceptors (Lipinski definition) is 9. The molecule has 2 rings (SSSR count). The minimum atomic E-state index is -1.57. The molecule has 2 aliphatic rings. The quantitative estimate of drug-likeness (QED) is 0.257. The Morgan fingerprint density at radius 1 is 1.00 bits per heavy atom. The van der Waals surface area contributed by atoms with E-state index in [4.69, 9.17) is 15.2 Å². The molecular weight excluding hydrogens is 468 g/mol. The third-order valence-corrected chi connectivity index (χ3v) is 5.86. The van der Waals surface area contributed by atoms with E-state index in [0.717, 1.165) is 0 Å². The lowest BCUT2D eigenvalue weighted by Gasteiger charge is -2.39. The van der Waals surface area contributed by atoms with E-state index in [9.17, 15) is 30.3 Å². The van der Waals surface area contributed by atoms with Gasteiger partial charge in [0, 0.05) is 18.5 Å². The average Bonchev–Trinajstić information content (AvgIpc) is 2.84. The fourth-order valence-electron chi connectivity index (χ4n) is 3.45. The first-order valence-corrected chi connectivity index (χ1v) is 11.8. The molecule has 9 atom stereocenters. The Labute approximate surface area is 211 Å². The molecule has 0 spiro atoms. The fourth-order valence-corrected chi connectivity index (χ4v) is 3.45. The molecule has 10 nitrogen and oxygen atoms in total. The molecule has 0 radical (unpaired) electrons. The Morgan fingerprint density at radius 2 is 1.64 bits per heavy atom. The SMILES string of the molecule is C[C@@H]1CNC(=O)/C=C/C=C/[C@](C)(O)[C@H](O[C@H]2OC[C@H](O)[C@@H](O)[C@@H]2N)\C=C/C=C/C=C\C=C\[C@@H](O)[C@H]1O. The number of carbonyl (C=O) groups is 1. The van der Waals surface area contributed by atoms with Crippen LogP contribution in [0.2, 0.25) is 0 Å². The van der Waals surface area contributed by atoms with Crippen molar-refractivity contribution in [1.29, 1.82) is 0 Å². The summed E-state index contributed by atoms with van der Waals surface area (Å²) in [5.74, 6) is -0.809. The van der Waals surface area contributed by atoms with Gasteiger partial charge >= 0.3 is 0 Å². The molecular formula is C26H38N2O8. The highest BCUT2D eigenvalue weighted by Crippen LogP contribution is 2.23. The Hall–Kier alpha value is -2.41. The van der Waals surface area contributed by atoms with Crippen molar-refractivity contribution in [2.24, 2.45) is 11.7 Å². The first-order chi connectivity index (χ1) is 17.0. The number of aliphatic hydroxyl groups excluding tert-OH is 4. The van der Waals surface area contributed by atoms with E-state index in [0.29, 0.717) is 0 Å². The summed E-state index contributed by atoms with van der Waals surface area (Å²) in [4.78, 5) is 12.1. The van der Waals surface area contributed by atoms with Gasteiger partial charge in [0.15, 0.2) is 6.29 Å². The number of carbonyl (C=O) groups excluding carboxylic acids is 1. The van der Waals surface area contributed by atoms with Crippen molar-refractivity contribution in [2.45, 2.75) is 62.3 Å². The molecule has 200 valence electrons. The predicted octanol–water partition coefficient (Wildman–Crippen LogP) is -0.647. The number of nitrogens with one attached hydrogen (secondary N) is 1. The summed E-state index contributed by atoms with van der Waals surface area (Å²) in [6.07, 6.45) is 12.1. The molecule has 1 saturated heterocycles. The molecule has 10 heteroatoms. The molecule has 0 aromatic carbocycles. The first kappa shape index (κ1) is 29.8. The van der Waals surface area contributed by atoms with Gasteiger partial charge in [-0.15, -0.1) is 0 Å². The zero-order valence-corrected chi connectivity index (χ0v) is 20.5. The van der Waals surface area contributed by atoms with Crippen molar-refractivity contribution in [3.05, 3.63) is 72.9 Å². The Kier molecular flexibility index (Phi) is 11.9. The van der Waals surface area contributed by atoms with Gasteiger partial charge in [0.25, 0.3) is 0 Å².